The highest BCUT2D eigenvalue weighted by Crippen LogP contribution is 2.41. The Balaban J connectivity index is 1.92. The van der Waals surface area contributed by atoms with E-state index in [9.17, 15) is 4.79 Å². The van der Waals surface area contributed by atoms with Crippen LogP contribution >= 0.6 is 27.5 Å². The fourth-order valence-corrected chi connectivity index (χ4v) is 3.35. The molecule has 2 aromatic rings. The highest BCUT2D eigenvalue weighted by atomic mass is 79.9. The normalized spacial score (nSPS) is 22.3. The number of carbonyl (C=O) groups excluding carboxylic acids is 1. The lowest BCUT2D eigenvalue weighted by molar-refractivity contribution is -0.149. The maximum absolute atomic E-state index is 11.4. The first-order chi connectivity index (χ1) is 9.11. The summed E-state index contributed by atoms with van der Waals surface area (Å²) in [6.45, 7) is 0. The Bertz CT molecular complexity index is 652. The van der Waals surface area contributed by atoms with Crippen molar-refractivity contribution in [3.8, 4) is 0 Å². The minimum Gasteiger partial charge on any atom is -0.469 e. The van der Waals surface area contributed by atoms with E-state index in [0.29, 0.717) is 9.76 Å². The third kappa shape index (κ3) is 2.03. The molecule has 7 heteroatoms. The molecule has 1 saturated carbocycles. The summed E-state index contributed by atoms with van der Waals surface area (Å²) in [5, 5.41) is 5.69. The topological polar surface area (TPSA) is 57.0 Å². The van der Waals surface area contributed by atoms with Crippen LogP contribution in [0.4, 0.5) is 0 Å². The van der Waals surface area contributed by atoms with Gasteiger partial charge in [0.1, 0.15) is 9.76 Å². The summed E-state index contributed by atoms with van der Waals surface area (Å²) in [5.74, 6) is -0.170. The smallest absolute Gasteiger partial charge is 0.308 e. The first-order valence-electron chi connectivity index (χ1n) is 5.88. The first-order valence-corrected chi connectivity index (χ1v) is 7.05. The van der Waals surface area contributed by atoms with Gasteiger partial charge in [-0.15, -0.1) is 0 Å². The second-order valence-corrected chi connectivity index (χ2v) is 5.69. The maximum atomic E-state index is 11.4. The summed E-state index contributed by atoms with van der Waals surface area (Å²) >= 11 is 9.47. The molecule has 0 atom stereocenters. The summed E-state index contributed by atoms with van der Waals surface area (Å²) < 4.78 is 7.33. The van der Waals surface area contributed by atoms with Crippen LogP contribution in [0.15, 0.2) is 16.9 Å². The van der Waals surface area contributed by atoms with Gasteiger partial charge in [0.05, 0.1) is 30.0 Å². The molecule has 0 aromatic carbocycles. The third-order valence-corrected chi connectivity index (χ3v) is 4.37. The monoisotopic (exact) mass is 343 g/mol. The average molecular weight is 345 g/mol. The fraction of sp³-hybridized carbons (Fsp3) is 0.417. The number of hydrogen-bond donors (Lipinski definition) is 0. The summed E-state index contributed by atoms with van der Waals surface area (Å²) in [5.41, 5.74) is 0.931. The van der Waals surface area contributed by atoms with Crippen LogP contribution in [0.25, 0.3) is 10.9 Å². The van der Waals surface area contributed by atoms with Crippen LogP contribution in [0.5, 0.6) is 0 Å². The Kier molecular flexibility index (Phi) is 3.22. The van der Waals surface area contributed by atoms with E-state index in [-0.39, 0.29) is 17.9 Å². The van der Waals surface area contributed by atoms with E-state index >= 15 is 0 Å². The van der Waals surface area contributed by atoms with Crippen molar-refractivity contribution in [3.63, 3.8) is 0 Å². The standard InChI is InChI=1S/C12H11BrClN3O2/c1-19-12(18)6-4-7(5-6)17-8-2-3-15-11(14)9(8)10(13)16-17/h2-3,6-7H,4-5H2,1H3. The number of methoxy groups -OCH3 is 1. The van der Waals surface area contributed by atoms with Crippen molar-refractivity contribution in [3.05, 3.63) is 22.0 Å². The number of ether oxygens (including phenoxy) is 1. The average Bonchev–Trinajstić information content (AvgIpc) is 2.66. The number of esters is 1. The molecule has 0 radical (unpaired) electrons. The van der Waals surface area contributed by atoms with E-state index in [1.165, 1.54) is 7.11 Å². The lowest BCUT2D eigenvalue weighted by Crippen LogP contribution is -2.33. The molecule has 2 heterocycles. The van der Waals surface area contributed by atoms with E-state index in [2.05, 4.69) is 26.0 Å². The number of hydrogen-bond acceptors (Lipinski definition) is 4. The van der Waals surface area contributed by atoms with Gasteiger partial charge in [-0.25, -0.2) is 4.98 Å². The Hall–Kier alpha value is -1.14. The summed E-state index contributed by atoms with van der Waals surface area (Å²) in [6.07, 6.45) is 3.15. The van der Waals surface area contributed by atoms with Crippen molar-refractivity contribution in [2.75, 3.05) is 7.11 Å². The van der Waals surface area contributed by atoms with E-state index in [1.54, 1.807) is 6.20 Å². The fourth-order valence-electron chi connectivity index (χ4n) is 2.43. The number of rotatable bonds is 2. The number of fused-ring (bicyclic) bond motifs is 1. The number of nitrogens with zero attached hydrogens (tertiary/aromatic N) is 3. The van der Waals surface area contributed by atoms with Gasteiger partial charge in [-0.2, -0.15) is 5.10 Å². The predicted octanol–water partition coefficient (Wildman–Crippen LogP) is 2.97. The van der Waals surface area contributed by atoms with Crippen LogP contribution in [0.3, 0.4) is 0 Å². The SMILES string of the molecule is COC(=O)C1CC(n2nc(Br)c3c(Cl)nccc32)C1. The van der Waals surface area contributed by atoms with Gasteiger partial charge < -0.3 is 4.74 Å². The van der Waals surface area contributed by atoms with Gasteiger partial charge in [0.25, 0.3) is 0 Å². The molecule has 1 fully saturated rings. The van der Waals surface area contributed by atoms with Crippen LogP contribution in [-0.4, -0.2) is 27.8 Å². The van der Waals surface area contributed by atoms with Crippen molar-refractivity contribution in [2.24, 2.45) is 5.92 Å². The lowest BCUT2D eigenvalue weighted by atomic mass is 9.80. The second-order valence-electron chi connectivity index (χ2n) is 4.58. The molecular weight excluding hydrogens is 334 g/mol. The molecule has 0 aliphatic heterocycles. The predicted molar refractivity (Wildman–Crippen MR) is 74.0 cm³/mol. The van der Waals surface area contributed by atoms with Gasteiger partial charge in [0.15, 0.2) is 0 Å². The quantitative estimate of drug-likeness (QED) is 0.621. The molecule has 1 aliphatic rings. The second kappa shape index (κ2) is 4.76. The third-order valence-electron chi connectivity index (χ3n) is 3.52. The molecule has 0 saturated heterocycles. The van der Waals surface area contributed by atoms with Crippen molar-refractivity contribution in [1.29, 1.82) is 0 Å². The van der Waals surface area contributed by atoms with Crippen LogP contribution in [-0.2, 0) is 9.53 Å². The van der Waals surface area contributed by atoms with Crippen molar-refractivity contribution >= 4 is 44.4 Å². The summed E-state index contributed by atoms with van der Waals surface area (Å²) in [6, 6.07) is 2.08. The Morgan fingerprint density at radius 2 is 2.32 bits per heavy atom. The molecule has 0 spiro atoms. The highest BCUT2D eigenvalue weighted by Gasteiger charge is 2.37. The molecule has 1 aliphatic carbocycles. The minimum atomic E-state index is -0.147. The van der Waals surface area contributed by atoms with Crippen LogP contribution < -0.4 is 0 Å². The zero-order valence-corrected chi connectivity index (χ0v) is 12.5. The van der Waals surface area contributed by atoms with E-state index < -0.39 is 0 Å². The maximum Gasteiger partial charge on any atom is 0.308 e. The zero-order chi connectivity index (χ0) is 13.6. The van der Waals surface area contributed by atoms with Gasteiger partial charge >= 0.3 is 5.97 Å². The molecule has 0 bridgehead atoms. The lowest BCUT2D eigenvalue weighted by Gasteiger charge is -2.33. The van der Waals surface area contributed by atoms with E-state index in [4.69, 9.17) is 16.3 Å². The van der Waals surface area contributed by atoms with Crippen LogP contribution in [0.2, 0.25) is 5.15 Å². The molecule has 5 nitrogen and oxygen atoms in total. The molecule has 19 heavy (non-hydrogen) atoms. The van der Waals surface area contributed by atoms with Crippen molar-refractivity contribution in [1.82, 2.24) is 14.8 Å². The first kappa shape index (κ1) is 12.9. The van der Waals surface area contributed by atoms with Gasteiger partial charge in [-0.3, -0.25) is 9.48 Å². The number of halogens is 2. The largest absolute Gasteiger partial charge is 0.469 e. The van der Waals surface area contributed by atoms with Gasteiger partial charge in [0.2, 0.25) is 0 Å². The molecular formula is C12H11BrClN3O2. The number of pyridine rings is 1. The molecule has 0 N–H and O–H groups in total. The minimum absolute atomic E-state index is 0.0228. The molecule has 2 aromatic heterocycles. The van der Waals surface area contributed by atoms with Gasteiger partial charge in [0, 0.05) is 6.20 Å². The zero-order valence-electron chi connectivity index (χ0n) is 10.1. The van der Waals surface area contributed by atoms with E-state index in [1.807, 2.05) is 10.7 Å². The summed E-state index contributed by atoms with van der Waals surface area (Å²) in [4.78, 5) is 15.5. The van der Waals surface area contributed by atoms with Crippen LogP contribution in [0.1, 0.15) is 18.9 Å². The van der Waals surface area contributed by atoms with Crippen LogP contribution in [0, 0.1) is 5.92 Å². The summed E-state index contributed by atoms with van der Waals surface area (Å²) in [7, 11) is 1.42. The Morgan fingerprint density at radius 3 is 3.00 bits per heavy atom. The number of aromatic nitrogens is 3. The van der Waals surface area contributed by atoms with Crippen molar-refractivity contribution < 1.29 is 9.53 Å². The Morgan fingerprint density at radius 1 is 1.58 bits per heavy atom. The highest BCUT2D eigenvalue weighted by molar-refractivity contribution is 9.10. The van der Waals surface area contributed by atoms with Gasteiger partial charge in [-0.1, -0.05) is 11.6 Å². The molecule has 0 amide bonds. The van der Waals surface area contributed by atoms with Crippen molar-refractivity contribution in [2.45, 2.75) is 18.9 Å². The Labute approximate surface area is 123 Å². The molecule has 100 valence electrons. The molecule has 0 unspecified atom stereocenters. The number of carbonyl (C=O) groups is 1. The van der Waals surface area contributed by atoms with Gasteiger partial charge in [-0.05, 0) is 34.8 Å². The molecule has 3 rings (SSSR count). The van der Waals surface area contributed by atoms with E-state index in [0.717, 1.165) is 23.7 Å².